The van der Waals surface area contributed by atoms with Gasteiger partial charge in [-0.15, -0.1) is 0 Å². The van der Waals surface area contributed by atoms with Crippen LogP contribution in [0, 0.1) is 5.92 Å². The SMILES string of the molecule is CCOc1ncccc1NC(=O)[C@@H]1CC=CCC1. The molecule has 1 aromatic heterocycles. The molecule has 0 saturated heterocycles. The van der Waals surface area contributed by atoms with E-state index < -0.39 is 0 Å². The molecule has 1 heterocycles. The third-order valence-electron chi connectivity index (χ3n) is 2.95. The van der Waals surface area contributed by atoms with Gasteiger partial charge in [-0.05, 0) is 38.3 Å². The van der Waals surface area contributed by atoms with E-state index in [1.807, 2.05) is 13.0 Å². The van der Waals surface area contributed by atoms with Crippen molar-refractivity contribution in [1.82, 2.24) is 4.98 Å². The number of hydrogen-bond donors (Lipinski definition) is 1. The highest BCUT2D eigenvalue weighted by Gasteiger charge is 2.19. The fourth-order valence-corrected chi connectivity index (χ4v) is 2.00. The first-order valence-electron chi connectivity index (χ1n) is 6.35. The van der Waals surface area contributed by atoms with E-state index in [9.17, 15) is 4.79 Å². The number of carbonyl (C=O) groups is 1. The summed E-state index contributed by atoms with van der Waals surface area (Å²) in [6.45, 7) is 2.43. The van der Waals surface area contributed by atoms with Crippen LogP contribution in [0.25, 0.3) is 0 Å². The van der Waals surface area contributed by atoms with Crippen LogP contribution < -0.4 is 10.1 Å². The number of pyridine rings is 1. The van der Waals surface area contributed by atoms with E-state index in [2.05, 4.69) is 22.5 Å². The topological polar surface area (TPSA) is 51.2 Å². The van der Waals surface area contributed by atoms with Crippen molar-refractivity contribution in [2.24, 2.45) is 5.92 Å². The predicted octanol–water partition coefficient (Wildman–Crippen LogP) is 2.78. The number of nitrogens with one attached hydrogen (secondary N) is 1. The van der Waals surface area contributed by atoms with Gasteiger partial charge in [0.25, 0.3) is 0 Å². The second kappa shape index (κ2) is 6.19. The quantitative estimate of drug-likeness (QED) is 0.831. The largest absolute Gasteiger partial charge is 0.476 e. The van der Waals surface area contributed by atoms with Crippen molar-refractivity contribution in [3.05, 3.63) is 30.5 Å². The lowest BCUT2D eigenvalue weighted by atomic mass is 9.93. The van der Waals surface area contributed by atoms with E-state index in [1.165, 1.54) is 0 Å². The van der Waals surface area contributed by atoms with Gasteiger partial charge in [-0.3, -0.25) is 4.79 Å². The summed E-state index contributed by atoms with van der Waals surface area (Å²) in [5, 5.41) is 2.90. The van der Waals surface area contributed by atoms with E-state index >= 15 is 0 Å². The number of rotatable bonds is 4. The van der Waals surface area contributed by atoms with Crippen LogP contribution in [0.2, 0.25) is 0 Å². The molecule has 1 N–H and O–H groups in total. The minimum Gasteiger partial charge on any atom is -0.476 e. The Morgan fingerprint density at radius 3 is 3.17 bits per heavy atom. The van der Waals surface area contributed by atoms with E-state index in [0.717, 1.165) is 19.3 Å². The molecule has 0 saturated carbocycles. The lowest BCUT2D eigenvalue weighted by Gasteiger charge is -2.18. The second-order valence-electron chi connectivity index (χ2n) is 4.26. The zero-order valence-electron chi connectivity index (χ0n) is 10.6. The Morgan fingerprint density at radius 1 is 1.56 bits per heavy atom. The molecule has 1 amide bonds. The fraction of sp³-hybridized carbons (Fsp3) is 0.429. The first-order chi connectivity index (χ1) is 8.81. The van der Waals surface area contributed by atoms with Gasteiger partial charge in [0.2, 0.25) is 11.8 Å². The van der Waals surface area contributed by atoms with Crippen molar-refractivity contribution in [2.45, 2.75) is 26.2 Å². The average molecular weight is 246 g/mol. The summed E-state index contributed by atoms with van der Waals surface area (Å²) in [6.07, 6.45) is 8.55. The molecule has 0 unspecified atom stereocenters. The molecule has 4 nitrogen and oxygen atoms in total. The standard InChI is InChI=1S/C14H18N2O2/c1-2-18-14-12(9-6-10-15-14)16-13(17)11-7-4-3-5-8-11/h3-4,6,9-11H,2,5,7-8H2,1H3,(H,16,17)/t11-/m1/s1. The molecule has 0 aliphatic heterocycles. The molecule has 0 bridgehead atoms. The second-order valence-corrected chi connectivity index (χ2v) is 4.26. The van der Waals surface area contributed by atoms with E-state index in [4.69, 9.17) is 4.74 Å². The Hall–Kier alpha value is -1.84. The minimum absolute atomic E-state index is 0.0494. The van der Waals surface area contributed by atoms with Gasteiger partial charge < -0.3 is 10.1 Å². The maximum absolute atomic E-state index is 12.1. The van der Waals surface area contributed by atoms with Crippen molar-refractivity contribution < 1.29 is 9.53 Å². The van der Waals surface area contributed by atoms with Crippen LogP contribution in [-0.2, 0) is 4.79 Å². The van der Waals surface area contributed by atoms with Gasteiger partial charge in [0.05, 0.1) is 6.61 Å². The summed E-state index contributed by atoms with van der Waals surface area (Å²) in [5.41, 5.74) is 0.652. The molecule has 1 aliphatic carbocycles. The highest BCUT2D eigenvalue weighted by molar-refractivity contribution is 5.93. The summed E-state index contributed by atoms with van der Waals surface area (Å²) in [4.78, 5) is 16.2. The molecular weight excluding hydrogens is 228 g/mol. The smallest absolute Gasteiger partial charge is 0.237 e. The summed E-state index contributed by atoms with van der Waals surface area (Å²) in [6, 6.07) is 3.60. The maximum Gasteiger partial charge on any atom is 0.237 e. The molecule has 96 valence electrons. The Balaban J connectivity index is 2.04. The van der Waals surface area contributed by atoms with Gasteiger partial charge in [0, 0.05) is 12.1 Å². The summed E-state index contributed by atoms with van der Waals surface area (Å²) in [7, 11) is 0. The highest BCUT2D eigenvalue weighted by atomic mass is 16.5. The van der Waals surface area contributed by atoms with Crippen LogP contribution in [-0.4, -0.2) is 17.5 Å². The van der Waals surface area contributed by atoms with E-state index in [0.29, 0.717) is 18.2 Å². The molecule has 0 fully saturated rings. The van der Waals surface area contributed by atoms with Crippen LogP contribution in [0.4, 0.5) is 5.69 Å². The fourth-order valence-electron chi connectivity index (χ4n) is 2.00. The highest BCUT2D eigenvalue weighted by Crippen LogP contribution is 2.24. The summed E-state index contributed by atoms with van der Waals surface area (Å²) < 4.78 is 5.39. The Labute approximate surface area is 107 Å². The number of carbonyl (C=O) groups excluding carboxylic acids is 1. The van der Waals surface area contributed by atoms with Crippen molar-refractivity contribution >= 4 is 11.6 Å². The summed E-state index contributed by atoms with van der Waals surface area (Å²) >= 11 is 0. The van der Waals surface area contributed by atoms with Gasteiger partial charge >= 0.3 is 0 Å². The minimum atomic E-state index is 0.0494. The Bertz CT molecular complexity index is 443. The van der Waals surface area contributed by atoms with Crippen molar-refractivity contribution in [1.29, 1.82) is 0 Å². The summed E-state index contributed by atoms with van der Waals surface area (Å²) in [5.74, 6) is 0.595. The predicted molar refractivity (Wildman–Crippen MR) is 70.5 cm³/mol. The Morgan fingerprint density at radius 2 is 2.44 bits per heavy atom. The monoisotopic (exact) mass is 246 g/mol. The zero-order valence-corrected chi connectivity index (χ0v) is 10.6. The first-order valence-corrected chi connectivity index (χ1v) is 6.35. The molecule has 0 radical (unpaired) electrons. The van der Waals surface area contributed by atoms with Crippen LogP contribution in [0.15, 0.2) is 30.5 Å². The molecule has 1 aromatic rings. The van der Waals surface area contributed by atoms with E-state index in [1.54, 1.807) is 12.3 Å². The van der Waals surface area contributed by atoms with Crippen LogP contribution in [0.1, 0.15) is 26.2 Å². The molecule has 1 aliphatic rings. The van der Waals surface area contributed by atoms with Crippen LogP contribution in [0.3, 0.4) is 0 Å². The molecule has 0 spiro atoms. The van der Waals surface area contributed by atoms with Crippen molar-refractivity contribution in [3.63, 3.8) is 0 Å². The van der Waals surface area contributed by atoms with Crippen molar-refractivity contribution in [2.75, 3.05) is 11.9 Å². The molecule has 0 aromatic carbocycles. The average Bonchev–Trinajstić information content (AvgIpc) is 2.42. The van der Waals surface area contributed by atoms with Gasteiger partial charge in [-0.25, -0.2) is 4.98 Å². The molecule has 1 atom stereocenters. The number of amides is 1. The number of allylic oxidation sites excluding steroid dienone is 2. The zero-order chi connectivity index (χ0) is 12.8. The van der Waals surface area contributed by atoms with Crippen LogP contribution in [0.5, 0.6) is 5.88 Å². The molecule has 4 heteroatoms. The van der Waals surface area contributed by atoms with Crippen molar-refractivity contribution in [3.8, 4) is 5.88 Å². The number of nitrogens with zero attached hydrogens (tertiary/aromatic N) is 1. The third-order valence-corrected chi connectivity index (χ3v) is 2.95. The van der Waals surface area contributed by atoms with Gasteiger partial charge in [0.15, 0.2) is 0 Å². The molecule has 2 rings (SSSR count). The molecular formula is C14H18N2O2. The first kappa shape index (κ1) is 12.6. The van der Waals surface area contributed by atoms with Gasteiger partial charge in [0.1, 0.15) is 5.69 Å². The van der Waals surface area contributed by atoms with E-state index in [-0.39, 0.29) is 11.8 Å². The van der Waals surface area contributed by atoms with Gasteiger partial charge in [-0.1, -0.05) is 12.2 Å². The normalized spacial score (nSPS) is 18.4. The number of aromatic nitrogens is 1. The Kier molecular flexibility index (Phi) is 4.34. The number of ether oxygens (including phenoxy) is 1. The maximum atomic E-state index is 12.1. The number of hydrogen-bond acceptors (Lipinski definition) is 3. The third kappa shape index (κ3) is 3.09. The van der Waals surface area contributed by atoms with Gasteiger partial charge in [-0.2, -0.15) is 0 Å². The molecule has 18 heavy (non-hydrogen) atoms. The number of anilines is 1. The lowest BCUT2D eigenvalue weighted by molar-refractivity contribution is -0.120. The van der Waals surface area contributed by atoms with Crippen LogP contribution >= 0.6 is 0 Å². The lowest BCUT2D eigenvalue weighted by Crippen LogP contribution is -2.24.